The Labute approximate surface area is 98.2 Å². The van der Waals surface area contributed by atoms with Gasteiger partial charge in [-0.3, -0.25) is 0 Å². The molecule has 16 heavy (non-hydrogen) atoms. The first-order valence-electron chi connectivity index (χ1n) is 6.10. The highest BCUT2D eigenvalue weighted by atomic mass is 16.5. The van der Waals surface area contributed by atoms with Gasteiger partial charge in [-0.15, -0.1) is 0 Å². The Morgan fingerprint density at radius 3 is 2.81 bits per heavy atom. The predicted octanol–water partition coefficient (Wildman–Crippen LogP) is 3.24. The highest BCUT2D eigenvalue weighted by Gasteiger charge is 2.31. The molecule has 0 radical (unpaired) electrons. The van der Waals surface area contributed by atoms with Crippen molar-refractivity contribution in [2.24, 2.45) is 5.92 Å². The zero-order valence-corrected chi connectivity index (χ0v) is 10.4. The third-order valence-corrected chi connectivity index (χ3v) is 3.50. The normalized spacial score (nSPS) is 24.3. The zero-order chi connectivity index (χ0) is 11.5. The third kappa shape index (κ3) is 1.94. The van der Waals surface area contributed by atoms with Gasteiger partial charge in [-0.2, -0.15) is 0 Å². The molecule has 1 aliphatic rings. The minimum atomic E-state index is 0.271. The van der Waals surface area contributed by atoms with Gasteiger partial charge in [0.2, 0.25) is 0 Å². The van der Waals surface area contributed by atoms with E-state index in [-0.39, 0.29) is 6.10 Å². The number of benzene rings is 1. The number of rotatable bonds is 3. The lowest BCUT2D eigenvalue weighted by molar-refractivity contribution is 0.0457. The summed E-state index contributed by atoms with van der Waals surface area (Å²) in [5, 5.41) is 0. The molecule has 0 bridgehead atoms. The quantitative estimate of drug-likeness (QED) is 0.774. The second kappa shape index (κ2) is 4.88. The summed E-state index contributed by atoms with van der Waals surface area (Å²) in [5.41, 5.74) is 2.67. The zero-order valence-electron chi connectivity index (χ0n) is 10.4. The van der Waals surface area contributed by atoms with E-state index in [0.717, 1.165) is 6.54 Å². The standard InChI is InChI=1S/C14H21NO/c1-4-7-11-10-15(2)13-9-6-5-8-12(13)14(11)16-3/h5-6,8-9,11,14H,4,7,10H2,1-3H3. The Hall–Kier alpha value is -1.02. The first kappa shape index (κ1) is 11.5. The van der Waals surface area contributed by atoms with Crippen LogP contribution in [0.4, 0.5) is 5.69 Å². The SMILES string of the molecule is CCCC1CN(C)c2ccccc2C1OC. The number of ether oxygens (including phenoxy) is 1. The number of para-hydroxylation sites is 1. The first-order valence-corrected chi connectivity index (χ1v) is 6.10. The van der Waals surface area contributed by atoms with E-state index in [2.05, 4.69) is 43.1 Å². The fourth-order valence-electron chi connectivity index (χ4n) is 2.81. The van der Waals surface area contributed by atoms with Crippen LogP contribution in [0.2, 0.25) is 0 Å². The lowest BCUT2D eigenvalue weighted by Gasteiger charge is -2.38. The molecule has 0 saturated carbocycles. The van der Waals surface area contributed by atoms with Crippen LogP contribution in [-0.2, 0) is 4.74 Å². The molecule has 0 fully saturated rings. The van der Waals surface area contributed by atoms with Crippen molar-refractivity contribution in [3.05, 3.63) is 29.8 Å². The van der Waals surface area contributed by atoms with Gasteiger partial charge in [0.25, 0.3) is 0 Å². The number of fused-ring (bicyclic) bond motifs is 1. The molecule has 2 heteroatoms. The summed E-state index contributed by atoms with van der Waals surface area (Å²) >= 11 is 0. The maximum absolute atomic E-state index is 5.70. The van der Waals surface area contributed by atoms with Crippen molar-refractivity contribution in [3.8, 4) is 0 Å². The smallest absolute Gasteiger partial charge is 0.0886 e. The predicted molar refractivity (Wildman–Crippen MR) is 67.9 cm³/mol. The average molecular weight is 219 g/mol. The molecular formula is C14H21NO. The van der Waals surface area contributed by atoms with E-state index in [1.165, 1.54) is 24.1 Å². The van der Waals surface area contributed by atoms with Crippen LogP contribution >= 0.6 is 0 Å². The maximum Gasteiger partial charge on any atom is 0.0886 e. The van der Waals surface area contributed by atoms with Gasteiger partial charge >= 0.3 is 0 Å². The van der Waals surface area contributed by atoms with Gasteiger partial charge in [-0.25, -0.2) is 0 Å². The van der Waals surface area contributed by atoms with Gasteiger partial charge in [-0.1, -0.05) is 31.5 Å². The topological polar surface area (TPSA) is 12.5 Å². The van der Waals surface area contributed by atoms with Crippen molar-refractivity contribution < 1.29 is 4.74 Å². The number of nitrogens with zero attached hydrogens (tertiary/aromatic N) is 1. The highest BCUT2D eigenvalue weighted by molar-refractivity contribution is 5.56. The summed E-state index contributed by atoms with van der Waals surface area (Å²) < 4.78 is 5.70. The van der Waals surface area contributed by atoms with Crippen molar-refractivity contribution in [2.45, 2.75) is 25.9 Å². The number of anilines is 1. The van der Waals surface area contributed by atoms with Gasteiger partial charge in [0, 0.05) is 37.9 Å². The molecule has 0 aromatic heterocycles. The molecule has 2 nitrogen and oxygen atoms in total. The molecule has 0 amide bonds. The van der Waals surface area contributed by atoms with Crippen molar-refractivity contribution >= 4 is 5.69 Å². The average Bonchev–Trinajstić information content (AvgIpc) is 2.30. The van der Waals surface area contributed by atoms with Crippen LogP contribution in [-0.4, -0.2) is 20.7 Å². The molecule has 0 N–H and O–H groups in total. The van der Waals surface area contributed by atoms with Gasteiger partial charge in [-0.05, 0) is 12.5 Å². The summed E-state index contributed by atoms with van der Waals surface area (Å²) in [5.74, 6) is 0.620. The molecular weight excluding hydrogens is 198 g/mol. The van der Waals surface area contributed by atoms with Crippen LogP contribution in [0.3, 0.4) is 0 Å². The summed E-state index contributed by atoms with van der Waals surface area (Å²) in [7, 11) is 4.00. The largest absolute Gasteiger partial charge is 0.376 e. The third-order valence-electron chi connectivity index (χ3n) is 3.50. The summed E-state index contributed by atoms with van der Waals surface area (Å²) in [6.45, 7) is 3.34. The van der Waals surface area contributed by atoms with E-state index in [9.17, 15) is 0 Å². The summed E-state index contributed by atoms with van der Waals surface area (Å²) in [6.07, 6.45) is 2.73. The molecule has 1 aromatic rings. The van der Waals surface area contributed by atoms with E-state index in [4.69, 9.17) is 4.74 Å². The number of hydrogen-bond acceptors (Lipinski definition) is 2. The second-order valence-corrected chi connectivity index (χ2v) is 4.64. The van der Waals surface area contributed by atoms with Crippen LogP contribution in [0.15, 0.2) is 24.3 Å². The lowest BCUT2D eigenvalue weighted by atomic mass is 9.86. The minimum absolute atomic E-state index is 0.271. The minimum Gasteiger partial charge on any atom is -0.376 e. The van der Waals surface area contributed by atoms with Gasteiger partial charge in [0.05, 0.1) is 6.10 Å². The Balaban J connectivity index is 2.34. The second-order valence-electron chi connectivity index (χ2n) is 4.64. The molecule has 2 unspecified atom stereocenters. The Morgan fingerprint density at radius 1 is 1.38 bits per heavy atom. The molecule has 0 saturated heterocycles. The Bertz CT molecular complexity index is 350. The molecule has 88 valence electrons. The first-order chi connectivity index (χ1) is 7.77. The molecule has 1 aliphatic heterocycles. The Kier molecular flexibility index (Phi) is 3.49. The Morgan fingerprint density at radius 2 is 2.12 bits per heavy atom. The van der Waals surface area contributed by atoms with Crippen molar-refractivity contribution in [1.29, 1.82) is 0 Å². The molecule has 1 heterocycles. The lowest BCUT2D eigenvalue weighted by Crippen LogP contribution is -2.35. The van der Waals surface area contributed by atoms with Crippen molar-refractivity contribution in [1.82, 2.24) is 0 Å². The number of hydrogen-bond donors (Lipinski definition) is 0. The fraction of sp³-hybridized carbons (Fsp3) is 0.571. The molecule has 0 spiro atoms. The van der Waals surface area contributed by atoms with Gasteiger partial charge in [0.15, 0.2) is 0 Å². The van der Waals surface area contributed by atoms with Crippen LogP contribution in [0.25, 0.3) is 0 Å². The van der Waals surface area contributed by atoms with Crippen molar-refractivity contribution in [2.75, 3.05) is 25.6 Å². The summed E-state index contributed by atoms with van der Waals surface area (Å²) in [4.78, 5) is 2.35. The van der Waals surface area contributed by atoms with E-state index in [1.54, 1.807) is 0 Å². The molecule has 0 aliphatic carbocycles. The van der Waals surface area contributed by atoms with Crippen LogP contribution in [0.5, 0.6) is 0 Å². The van der Waals surface area contributed by atoms with E-state index < -0.39 is 0 Å². The maximum atomic E-state index is 5.70. The van der Waals surface area contributed by atoms with E-state index in [0.29, 0.717) is 5.92 Å². The molecule has 2 rings (SSSR count). The van der Waals surface area contributed by atoms with Gasteiger partial charge in [0.1, 0.15) is 0 Å². The summed E-state index contributed by atoms with van der Waals surface area (Å²) in [6, 6.07) is 8.58. The molecule has 1 aromatic carbocycles. The molecule has 2 atom stereocenters. The fourth-order valence-corrected chi connectivity index (χ4v) is 2.81. The number of methoxy groups -OCH3 is 1. The van der Waals surface area contributed by atoms with Crippen LogP contribution in [0.1, 0.15) is 31.4 Å². The van der Waals surface area contributed by atoms with Crippen LogP contribution < -0.4 is 4.90 Å². The highest BCUT2D eigenvalue weighted by Crippen LogP contribution is 2.39. The van der Waals surface area contributed by atoms with E-state index in [1.807, 2.05) is 7.11 Å². The van der Waals surface area contributed by atoms with Crippen molar-refractivity contribution in [3.63, 3.8) is 0 Å². The van der Waals surface area contributed by atoms with Crippen LogP contribution in [0, 0.1) is 5.92 Å². The van der Waals surface area contributed by atoms with Gasteiger partial charge < -0.3 is 9.64 Å². The monoisotopic (exact) mass is 219 g/mol. The van der Waals surface area contributed by atoms with E-state index >= 15 is 0 Å².